The zero-order chi connectivity index (χ0) is 30.1. The zero-order valence-corrected chi connectivity index (χ0v) is 25.9. The predicted octanol–water partition coefficient (Wildman–Crippen LogP) is 11.0. The molecular weight excluding hydrogens is 508 g/mol. The second-order valence-corrected chi connectivity index (χ2v) is 11.2. The summed E-state index contributed by atoms with van der Waals surface area (Å²) in [5.41, 5.74) is 11.4. The second-order valence-electron chi connectivity index (χ2n) is 11.2. The summed E-state index contributed by atoms with van der Waals surface area (Å²) < 4.78 is 0. The van der Waals surface area contributed by atoms with Crippen LogP contribution in [0.5, 0.6) is 0 Å². The standard InChI is InChI=1S/C40H46N2/c1-8-11-12-19-25-41(34(10-3)20-9-2)37-26-30(4)39(31(5)27-37)40-32(6)28-38(29-33(40)7)42(35-21-15-13-16-22-35)36-23-17-14-18-24-36/h8-10,13-19,21-23,25-29,34,36H,1-3,11-12,20,24H2,4-7H3/b25-19+. The number of unbranched alkanes of at least 4 members (excludes halogenated alkanes) is 1. The molecule has 0 aliphatic heterocycles. The first-order valence-corrected chi connectivity index (χ1v) is 15.1. The summed E-state index contributed by atoms with van der Waals surface area (Å²) in [5.74, 6) is 0. The van der Waals surface area contributed by atoms with E-state index < -0.39 is 0 Å². The highest BCUT2D eigenvalue weighted by atomic mass is 15.2. The van der Waals surface area contributed by atoms with Crippen LogP contribution >= 0.6 is 0 Å². The van der Waals surface area contributed by atoms with E-state index >= 15 is 0 Å². The van der Waals surface area contributed by atoms with Crippen LogP contribution in [0.3, 0.4) is 0 Å². The first-order valence-electron chi connectivity index (χ1n) is 15.1. The van der Waals surface area contributed by atoms with E-state index in [1.807, 2.05) is 18.2 Å². The summed E-state index contributed by atoms with van der Waals surface area (Å²) in [6, 6.07) is 20.5. The maximum atomic E-state index is 4.13. The third kappa shape index (κ3) is 6.94. The highest BCUT2D eigenvalue weighted by molar-refractivity contribution is 5.82. The summed E-state index contributed by atoms with van der Waals surface area (Å²) in [6.45, 7) is 21.0. The third-order valence-electron chi connectivity index (χ3n) is 8.03. The van der Waals surface area contributed by atoms with Gasteiger partial charge in [0.25, 0.3) is 0 Å². The predicted molar refractivity (Wildman–Crippen MR) is 186 cm³/mol. The van der Waals surface area contributed by atoms with Crippen molar-refractivity contribution < 1.29 is 0 Å². The van der Waals surface area contributed by atoms with Crippen LogP contribution in [0.4, 0.5) is 17.1 Å². The molecule has 0 bridgehead atoms. The summed E-state index contributed by atoms with van der Waals surface area (Å²) in [7, 11) is 0. The van der Waals surface area contributed by atoms with Gasteiger partial charge in [0.15, 0.2) is 0 Å². The minimum absolute atomic E-state index is 0.141. The molecular formula is C40H46N2. The molecule has 0 N–H and O–H groups in total. The van der Waals surface area contributed by atoms with Gasteiger partial charge in [0, 0.05) is 23.3 Å². The van der Waals surface area contributed by atoms with Crippen molar-refractivity contribution in [3.8, 4) is 11.1 Å². The van der Waals surface area contributed by atoms with Gasteiger partial charge < -0.3 is 9.80 Å². The van der Waals surface area contributed by atoms with Gasteiger partial charge in [0.2, 0.25) is 0 Å². The van der Waals surface area contributed by atoms with Crippen molar-refractivity contribution in [2.24, 2.45) is 0 Å². The summed E-state index contributed by atoms with van der Waals surface area (Å²) >= 11 is 0. The van der Waals surface area contributed by atoms with Crippen LogP contribution in [0.2, 0.25) is 0 Å². The van der Waals surface area contributed by atoms with Crippen LogP contribution in [0.25, 0.3) is 11.1 Å². The van der Waals surface area contributed by atoms with Gasteiger partial charge in [0.1, 0.15) is 0 Å². The van der Waals surface area contributed by atoms with Crippen LogP contribution in [0.15, 0.2) is 129 Å². The van der Waals surface area contributed by atoms with E-state index in [-0.39, 0.29) is 12.1 Å². The zero-order valence-electron chi connectivity index (χ0n) is 25.9. The lowest BCUT2D eigenvalue weighted by Gasteiger charge is -2.34. The Morgan fingerprint density at radius 3 is 1.90 bits per heavy atom. The molecule has 1 aliphatic carbocycles. The molecule has 0 fully saturated rings. The number of rotatable bonds is 13. The van der Waals surface area contributed by atoms with Crippen molar-refractivity contribution in [3.63, 3.8) is 0 Å². The van der Waals surface area contributed by atoms with Crippen LogP contribution in [0.1, 0.15) is 47.9 Å². The minimum Gasteiger partial charge on any atom is -0.341 e. The Labute approximate surface area is 254 Å². The molecule has 0 spiro atoms. The SMILES string of the molecule is C=CCC/C=C/N(c1cc(C)c(-c2c(C)cc(N(c3ccccc3)C3C=CC=CC3)cc2C)c(C)c1)C(C=C)CC=C. The van der Waals surface area contributed by atoms with Gasteiger partial charge in [-0.1, -0.05) is 66.8 Å². The topological polar surface area (TPSA) is 6.48 Å². The number of anilines is 3. The van der Waals surface area contributed by atoms with Crippen molar-refractivity contribution in [2.75, 3.05) is 9.80 Å². The number of hydrogen-bond donors (Lipinski definition) is 0. The molecule has 42 heavy (non-hydrogen) atoms. The molecule has 2 heteroatoms. The van der Waals surface area contributed by atoms with E-state index in [0.717, 1.165) is 25.7 Å². The van der Waals surface area contributed by atoms with Crippen molar-refractivity contribution in [3.05, 3.63) is 151 Å². The molecule has 0 radical (unpaired) electrons. The normalized spacial score (nSPS) is 15.0. The minimum atomic E-state index is 0.141. The average Bonchev–Trinajstić information content (AvgIpc) is 2.98. The lowest BCUT2D eigenvalue weighted by molar-refractivity contribution is 0.784. The van der Waals surface area contributed by atoms with Crippen LogP contribution in [0, 0.1) is 27.7 Å². The molecule has 2 atom stereocenters. The summed E-state index contributed by atoms with van der Waals surface area (Å²) in [6.07, 6.45) is 23.0. The smallest absolute Gasteiger partial charge is 0.0559 e. The van der Waals surface area contributed by atoms with E-state index in [9.17, 15) is 0 Å². The average molecular weight is 555 g/mol. The van der Waals surface area contributed by atoms with Gasteiger partial charge in [-0.3, -0.25) is 0 Å². The first-order chi connectivity index (χ1) is 20.4. The molecule has 1 aliphatic rings. The lowest BCUT2D eigenvalue weighted by Crippen LogP contribution is -2.30. The van der Waals surface area contributed by atoms with Crippen LogP contribution < -0.4 is 9.80 Å². The van der Waals surface area contributed by atoms with Crippen LogP contribution in [-0.4, -0.2) is 12.1 Å². The lowest BCUT2D eigenvalue weighted by atomic mass is 9.88. The number of hydrogen-bond acceptors (Lipinski definition) is 2. The largest absolute Gasteiger partial charge is 0.341 e. The second kappa shape index (κ2) is 14.5. The molecule has 2 nitrogen and oxygen atoms in total. The number of benzene rings is 3. The van der Waals surface area contributed by atoms with E-state index in [1.165, 1.54) is 50.4 Å². The molecule has 0 heterocycles. The van der Waals surface area contributed by atoms with E-state index in [1.54, 1.807) is 0 Å². The Bertz CT molecular complexity index is 1440. The van der Waals surface area contributed by atoms with Crippen LogP contribution in [-0.2, 0) is 0 Å². The van der Waals surface area contributed by atoms with Crippen molar-refractivity contribution in [1.82, 2.24) is 0 Å². The van der Waals surface area contributed by atoms with E-state index in [0.29, 0.717) is 0 Å². The third-order valence-corrected chi connectivity index (χ3v) is 8.03. The quantitative estimate of drug-likeness (QED) is 0.153. The van der Waals surface area contributed by atoms with Gasteiger partial charge in [-0.2, -0.15) is 0 Å². The molecule has 0 amide bonds. The van der Waals surface area contributed by atoms with E-state index in [4.69, 9.17) is 0 Å². The molecule has 3 aromatic carbocycles. The Morgan fingerprint density at radius 2 is 1.38 bits per heavy atom. The molecule has 0 aromatic heterocycles. The van der Waals surface area contributed by atoms with Crippen molar-refractivity contribution in [1.29, 1.82) is 0 Å². The van der Waals surface area contributed by atoms with Gasteiger partial charge >= 0.3 is 0 Å². The summed E-state index contributed by atoms with van der Waals surface area (Å²) in [5, 5.41) is 0. The number of para-hydroxylation sites is 1. The van der Waals surface area contributed by atoms with Gasteiger partial charge in [0.05, 0.1) is 12.1 Å². The molecule has 0 saturated carbocycles. The van der Waals surface area contributed by atoms with Gasteiger partial charge in [-0.05, 0) is 123 Å². The Hall–Kier alpha value is -4.30. The van der Waals surface area contributed by atoms with Gasteiger partial charge in [-0.25, -0.2) is 0 Å². The van der Waals surface area contributed by atoms with E-state index in [2.05, 4.69) is 148 Å². The highest BCUT2D eigenvalue weighted by Crippen LogP contribution is 2.40. The first kappa shape index (κ1) is 30.7. The Kier molecular flexibility index (Phi) is 10.6. The number of nitrogens with zero attached hydrogens (tertiary/aromatic N) is 2. The maximum Gasteiger partial charge on any atom is 0.0559 e. The molecule has 4 rings (SSSR count). The molecule has 0 saturated heterocycles. The van der Waals surface area contributed by atoms with Crippen molar-refractivity contribution in [2.45, 2.75) is 65.5 Å². The maximum absolute atomic E-state index is 4.13. The molecule has 2 unspecified atom stereocenters. The fourth-order valence-electron chi connectivity index (χ4n) is 6.12. The van der Waals surface area contributed by atoms with Crippen molar-refractivity contribution >= 4 is 17.1 Å². The molecule has 216 valence electrons. The fraction of sp³-hybridized carbons (Fsp3) is 0.250. The number of allylic oxidation sites excluding steroid dienone is 4. The summed E-state index contributed by atoms with van der Waals surface area (Å²) in [4.78, 5) is 4.80. The fourth-order valence-corrected chi connectivity index (χ4v) is 6.12. The molecule has 3 aromatic rings. The Balaban J connectivity index is 1.77. The highest BCUT2D eigenvalue weighted by Gasteiger charge is 2.22. The monoisotopic (exact) mass is 554 g/mol. The van der Waals surface area contributed by atoms with Gasteiger partial charge in [-0.15, -0.1) is 19.7 Å². The number of aryl methyl sites for hydroxylation is 4. The Morgan fingerprint density at radius 1 is 0.762 bits per heavy atom.